The number of esters is 1. The van der Waals surface area contributed by atoms with Crippen LogP contribution in [0.25, 0.3) is 0 Å². The summed E-state index contributed by atoms with van der Waals surface area (Å²) in [6, 6.07) is 0. The topological polar surface area (TPSA) is 55.8 Å². The van der Waals surface area contributed by atoms with E-state index in [0.29, 0.717) is 13.2 Å². The molecule has 0 aromatic carbocycles. The van der Waals surface area contributed by atoms with E-state index >= 15 is 0 Å². The number of rotatable bonds is 2. The van der Waals surface area contributed by atoms with Crippen LogP contribution in [0.3, 0.4) is 0 Å². The normalized spacial score (nSPS) is 27.3. The van der Waals surface area contributed by atoms with Gasteiger partial charge in [0.2, 0.25) is 0 Å². The van der Waals surface area contributed by atoms with Crippen LogP contribution in [-0.4, -0.2) is 41.3 Å². The highest BCUT2D eigenvalue weighted by atomic mass is 16.6. The van der Waals surface area contributed by atoms with Crippen LogP contribution in [0.2, 0.25) is 0 Å². The van der Waals surface area contributed by atoms with Crippen molar-refractivity contribution in [3.8, 4) is 0 Å². The fraction of sp³-hybridized carbons (Fsp3) is 0.857. The standard InChI is InChI=1S/C14H25NO4/c1-7-18-11(16)14(6)10(2)8-9-15(14)12(17)19-13(3,4)5/h10H,7-9H2,1-6H3. The summed E-state index contributed by atoms with van der Waals surface area (Å²) >= 11 is 0. The molecule has 0 aliphatic carbocycles. The number of ether oxygens (including phenoxy) is 2. The molecule has 2 atom stereocenters. The summed E-state index contributed by atoms with van der Waals surface area (Å²) < 4.78 is 10.5. The summed E-state index contributed by atoms with van der Waals surface area (Å²) in [4.78, 5) is 25.9. The summed E-state index contributed by atoms with van der Waals surface area (Å²) in [7, 11) is 0. The van der Waals surface area contributed by atoms with Gasteiger partial charge in [0.15, 0.2) is 0 Å². The third kappa shape index (κ3) is 3.19. The Morgan fingerprint density at radius 2 is 1.95 bits per heavy atom. The number of amides is 1. The zero-order chi connectivity index (χ0) is 14.8. The summed E-state index contributed by atoms with van der Waals surface area (Å²) in [5, 5.41) is 0. The van der Waals surface area contributed by atoms with Crippen molar-refractivity contribution in [2.45, 2.75) is 59.1 Å². The van der Waals surface area contributed by atoms with Crippen molar-refractivity contribution in [3.63, 3.8) is 0 Å². The highest BCUT2D eigenvalue weighted by Gasteiger charge is 2.53. The molecule has 19 heavy (non-hydrogen) atoms. The highest BCUT2D eigenvalue weighted by Crippen LogP contribution is 2.36. The molecule has 1 amide bonds. The first kappa shape index (κ1) is 15.8. The maximum Gasteiger partial charge on any atom is 0.411 e. The van der Waals surface area contributed by atoms with Gasteiger partial charge in [-0.3, -0.25) is 4.90 Å². The predicted octanol–water partition coefficient (Wildman–Crippen LogP) is 2.59. The van der Waals surface area contributed by atoms with Crippen LogP contribution in [0.1, 0.15) is 48.0 Å². The molecule has 110 valence electrons. The molecule has 0 aromatic heterocycles. The molecule has 1 aliphatic rings. The van der Waals surface area contributed by atoms with E-state index in [1.807, 2.05) is 27.7 Å². The minimum atomic E-state index is -0.932. The monoisotopic (exact) mass is 271 g/mol. The zero-order valence-electron chi connectivity index (χ0n) is 12.8. The first-order valence-corrected chi connectivity index (χ1v) is 6.80. The Morgan fingerprint density at radius 1 is 1.37 bits per heavy atom. The average molecular weight is 271 g/mol. The third-order valence-electron chi connectivity index (χ3n) is 3.61. The molecule has 0 N–H and O–H groups in total. The number of likely N-dealkylation sites (tertiary alicyclic amines) is 1. The molecule has 1 fully saturated rings. The Bertz CT molecular complexity index is 361. The molecule has 1 aliphatic heterocycles. The second-order valence-electron chi connectivity index (χ2n) is 6.19. The summed E-state index contributed by atoms with van der Waals surface area (Å²) in [6.07, 6.45) is 0.321. The van der Waals surface area contributed by atoms with Crippen LogP contribution in [-0.2, 0) is 14.3 Å². The fourth-order valence-electron chi connectivity index (χ4n) is 2.29. The molecule has 0 radical (unpaired) electrons. The lowest BCUT2D eigenvalue weighted by molar-refractivity contribution is -0.156. The molecule has 0 bridgehead atoms. The van der Waals surface area contributed by atoms with Crippen molar-refractivity contribution in [1.82, 2.24) is 4.90 Å². The second-order valence-corrected chi connectivity index (χ2v) is 6.19. The smallest absolute Gasteiger partial charge is 0.411 e. The molecule has 0 saturated carbocycles. The first-order valence-electron chi connectivity index (χ1n) is 6.80. The molecule has 0 aromatic rings. The van der Waals surface area contributed by atoms with E-state index < -0.39 is 17.2 Å². The van der Waals surface area contributed by atoms with Crippen molar-refractivity contribution in [3.05, 3.63) is 0 Å². The van der Waals surface area contributed by atoms with Crippen molar-refractivity contribution in [2.24, 2.45) is 5.92 Å². The Kier molecular flexibility index (Phi) is 4.48. The summed E-state index contributed by atoms with van der Waals surface area (Å²) in [5.74, 6) is -0.301. The third-order valence-corrected chi connectivity index (χ3v) is 3.61. The van der Waals surface area contributed by atoms with Gasteiger partial charge in [-0.2, -0.15) is 0 Å². The van der Waals surface area contributed by atoms with Gasteiger partial charge in [0.05, 0.1) is 6.61 Å². The average Bonchev–Trinajstić information content (AvgIpc) is 2.55. The van der Waals surface area contributed by atoms with Crippen molar-refractivity contribution in [2.75, 3.05) is 13.2 Å². The quantitative estimate of drug-likeness (QED) is 0.724. The SMILES string of the molecule is CCOC(=O)C1(C)C(C)CCN1C(=O)OC(C)(C)C. The Morgan fingerprint density at radius 3 is 2.42 bits per heavy atom. The minimum absolute atomic E-state index is 0.0547. The Labute approximate surface area is 115 Å². The van der Waals surface area contributed by atoms with E-state index in [9.17, 15) is 9.59 Å². The lowest BCUT2D eigenvalue weighted by Crippen LogP contribution is -2.55. The van der Waals surface area contributed by atoms with Crippen LogP contribution in [0, 0.1) is 5.92 Å². The lowest BCUT2D eigenvalue weighted by Gasteiger charge is -2.36. The van der Waals surface area contributed by atoms with Crippen LogP contribution in [0.4, 0.5) is 4.79 Å². The van der Waals surface area contributed by atoms with Gasteiger partial charge >= 0.3 is 12.1 Å². The molecule has 1 heterocycles. The van der Waals surface area contributed by atoms with E-state index in [4.69, 9.17) is 9.47 Å². The molecular weight excluding hydrogens is 246 g/mol. The van der Waals surface area contributed by atoms with Gasteiger partial charge in [-0.25, -0.2) is 9.59 Å². The number of nitrogens with zero attached hydrogens (tertiary/aromatic N) is 1. The summed E-state index contributed by atoms with van der Waals surface area (Å²) in [5.41, 5.74) is -1.50. The van der Waals surface area contributed by atoms with Crippen LogP contribution >= 0.6 is 0 Å². The van der Waals surface area contributed by atoms with Crippen molar-refractivity contribution in [1.29, 1.82) is 0 Å². The Hall–Kier alpha value is -1.26. The molecule has 2 unspecified atom stereocenters. The molecule has 1 rings (SSSR count). The number of carbonyl (C=O) groups excluding carboxylic acids is 2. The van der Waals surface area contributed by atoms with Crippen molar-refractivity contribution < 1.29 is 19.1 Å². The van der Waals surface area contributed by atoms with E-state index in [2.05, 4.69) is 0 Å². The maximum absolute atomic E-state index is 12.2. The van der Waals surface area contributed by atoms with E-state index in [-0.39, 0.29) is 11.9 Å². The number of hydrogen-bond acceptors (Lipinski definition) is 4. The molecule has 1 saturated heterocycles. The zero-order valence-corrected chi connectivity index (χ0v) is 12.8. The van der Waals surface area contributed by atoms with E-state index in [1.54, 1.807) is 13.8 Å². The van der Waals surface area contributed by atoms with E-state index in [1.165, 1.54) is 4.90 Å². The number of carbonyl (C=O) groups is 2. The van der Waals surface area contributed by atoms with Gasteiger partial charge in [-0.05, 0) is 47.0 Å². The van der Waals surface area contributed by atoms with Gasteiger partial charge < -0.3 is 9.47 Å². The van der Waals surface area contributed by atoms with Gasteiger partial charge in [0.25, 0.3) is 0 Å². The molecular formula is C14H25NO4. The highest BCUT2D eigenvalue weighted by molar-refractivity contribution is 5.86. The van der Waals surface area contributed by atoms with Gasteiger partial charge in [0.1, 0.15) is 11.1 Å². The molecule has 5 nitrogen and oxygen atoms in total. The second kappa shape index (κ2) is 5.39. The first-order chi connectivity index (χ1) is 8.63. The van der Waals surface area contributed by atoms with Crippen molar-refractivity contribution >= 4 is 12.1 Å². The predicted molar refractivity (Wildman–Crippen MR) is 71.8 cm³/mol. The molecule has 0 spiro atoms. The van der Waals surface area contributed by atoms with Gasteiger partial charge in [-0.15, -0.1) is 0 Å². The van der Waals surface area contributed by atoms with E-state index in [0.717, 1.165) is 6.42 Å². The summed E-state index contributed by atoms with van der Waals surface area (Å²) in [6.45, 7) is 11.7. The van der Waals surface area contributed by atoms with Crippen LogP contribution in [0.15, 0.2) is 0 Å². The number of hydrogen-bond donors (Lipinski definition) is 0. The molecule has 5 heteroatoms. The van der Waals surface area contributed by atoms with Crippen LogP contribution < -0.4 is 0 Å². The van der Waals surface area contributed by atoms with Crippen LogP contribution in [0.5, 0.6) is 0 Å². The van der Waals surface area contributed by atoms with Gasteiger partial charge in [0, 0.05) is 6.54 Å². The largest absolute Gasteiger partial charge is 0.464 e. The Balaban J connectivity index is 2.93. The minimum Gasteiger partial charge on any atom is -0.464 e. The van der Waals surface area contributed by atoms with Gasteiger partial charge in [-0.1, -0.05) is 6.92 Å². The lowest BCUT2D eigenvalue weighted by atomic mass is 9.88. The fourth-order valence-corrected chi connectivity index (χ4v) is 2.29. The maximum atomic E-state index is 12.2.